The molecule has 2 rings (SSSR count). The van der Waals surface area contributed by atoms with E-state index in [0.29, 0.717) is 12.8 Å². The molecule has 1 aliphatic rings. The summed E-state index contributed by atoms with van der Waals surface area (Å²) in [7, 11) is 1.57. The number of ketones is 3. The minimum Gasteiger partial charge on any atom is -0.511 e. The molecule has 0 saturated heterocycles. The molecule has 0 saturated carbocycles. The van der Waals surface area contributed by atoms with Crippen molar-refractivity contribution < 1.29 is 65.4 Å². The standard InChI is InChI=1S/C24H30O8.C7H17NO5/c1-6-8-14(25)16-19(28)11(3)18(27)12(20(16)29)10-13-21(30)17(15(26)9-7-2)23(32)24(4,5)22(13)31;1-8-2-4(10)6(12)7(13)5(11)3-9/h27-31H,6-10H2,1-5H3;4-13H,2-3H2,1H3/t;4-,5+,6+,7+/m.0/s1. The number of aliphatic hydroxyl groups excluding tert-OH is 7. The van der Waals surface area contributed by atoms with Crippen molar-refractivity contribution in [1.82, 2.24) is 5.32 Å². The Kier molecular flexibility index (Phi) is 14.6. The number of hydrogen-bond donors (Lipinski definition) is 11. The SMILES string of the molecule is CCCC(=O)C1=C(O)C(Cc2c(O)c(C)c(O)c(C(=O)CCC)c2O)=C(O)C(C)(C)C1=O.CNC[C@H](O)[C@@H](O)[C@H](O)[C@H](O)CO. The van der Waals surface area contributed by atoms with Crippen LogP contribution in [0.2, 0.25) is 0 Å². The van der Waals surface area contributed by atoms with Crippen molar-refractivity contribution in [2.24, 2.45) is 5.41 Å². The van der Waals surface area contributed by atoms with Gasteiger partial charge in [0.05, 0.1) is 18.1 Å². The summed E-state index contributed by atoms with van der Waals surface area (Å²) in [4.78, 5) is 37.8. The predicted octanol–water partition coefficient (Wildman–Crippen LogP) is 0.881. The lowest BCUT2D eigenvalue weighted by Gasteiger charge is -2.31. The molecule has 4 atom stereocenters. The van der Waals surface area contributed by atoms with Gasteiger partial charge in [0.25, 0.3) is 0 Å². The zero-order valence-electron chi connectivity index (χ0n) is 26.5. The fourth-order valence-corrected chi connectivity index (χ4v) is 4.70. The zero-order chi connectivity index (χ0) is 35.0. The van der Waals surface area contributed by atoms with E-state index in [2.05, 4.69) is 5.32 Å². The summed E-state index contributed by atoms with van der Waals surface area (Å²) in [6, 6.07) is 0. The highest BCUT2D eigenvalue weighted by Crippen LogP contribution is 2.46. The third-order valence-electron chi connectivity index (χ3n) is 7.55. The normalized spacial score (nSPS) is 17.4. The van der Waals surface area contributed by atoms with Gasteiger partial charge < -0.3 is 56.4 Å². The largest absolute Gasteiger partial charge is 0.511 e. The van der Waals surface area contributed by atoms with Gasteiger partial charge in [-0.15, -0.1) is 0 Å². The molecule has 1 aliphatic carbocycles. The Balaban J connectivity index is 0.000000656. The highest BCUT2D eigenvalue weighted by atomic mass is 16.4. The molecule has 0 aromatic heterocycles. The number of aliphatic hydroxyl groups is 7. The monoisotopic (exact) mass is 641 g/mol. The average molecular weight is 642 g/mol. The molecule has 0 unspecified atom stereocenters. The third kappa shape index (κ3) is 8.60. The van der Waals surface area contributed by atoms with E-state index in [1.807, 2.05) is 0 Å². The van der Waals surface area contributed by atoms with Gasteiger partial charge in [-0.05, 0) is 40.7 Å². The molecule has 0 amide bonds. The van der Waals surface area contributed by atoms with E-state index < -0.39 is 94.5 Å². The van der Waals surface area contributed by atoms with Crippen LogP contribution in [0.5, 0.6) is 17.2 Å². The van der Waals surface area contributed by atoms with Crippen LogP contribution in [0.1, 0.15) is 74.9 Å². The molecule has 11 N–H and O–H groups in total. The van der Waals surface area contributed by atoms with Crippen LogP contribution < -0.4 is 5.32 Å². The van der Waals surface area contributed by atoms with Crippen LogP contribution in [-0.4, -0.2) is 113 Å². The van der Waals surface area contributed by atoms with E-state index in [4.69, 9.17) is 20.4 Å². The predicted molar refractivity (Wildman–Crippen MR) is 162 cm³/mol. The van der Waals surface area contributed by atoms with Gasteiger partial charge in [0.2, 0.25) is 0 Å². The molecule has 1 aromatic carbocycles. The number of nitrogens with one attached hydrogen (secondary N) is 1. The van der Waals surface area contributed by atoms with E-state index >= 15 is 0 Å². The van der Waals surface area contributed by atoms with Crippen molar-refractivity contribution >= 4 is 17.3 Å². The average Bonchev–Trinajstić information content (AvgIpc) is 2.98. The molecule has 0 aliphatic heterocycles. The van der Waals surface area contributed by atoms with Crippen LogP contribution in [-0.2, 0) is 16.0 Å². The maximum Gasteiger partial charge on any atom is 0.183 e. The first kappa shape index (κ1) is 39.5. The summed E-state index contributed by atoms with van der Waals surface area (Å²) < 4.78 is 0. The Labute approximate surface area is 261 Å². The van der Waals surface area contributed by atoms with E-state index in [-0.39, 0.29) is 41.6 Å². The summed E-state index contributed by atoms with van der Waals surface area (Å²) in [6.45, 7) is 7.07. The van der Waals surface area contributed by atoms with E-state index in [1.165, 1.54) is 20.8 Å². The van der Waals surface area contributed by atoms with Crippen molar-refractivity contribution in [2.75, 3.05) is 20.2 Å². The Morgan fingerprint density at radius 3 is 1.82 bits per heavy atom. The number of carbonyl (C=O) groups is 3. The molecular formula is C31H47NO13. The molecular weight excluding hydrogens is 594 g/mol. The topological polar surface area (TPSA) is 266 Å². The second-order valence-electron chi connectivity index (χ2n) is 11.4. The summed E-state index contributed by atoms with van der Waals surface area (Å²) in [6.07, 6.45) is -5.17. The van der Waals surface area contributed by atoms with Gasteiger partial charge in [0.15, 0.2) is 17.3 Å². The van der Waals surface area contributed by atoms with Gasteiger partial charge in [-0.25, -0.2) is 0 Å². The molecule has 1 aromatic rings. The number of carbonyl (C=O) groups excluding carboxylic acids is 3. The number of Topliss-reactive ketones (excluding diaryl/α,β-unsaturated/α-hetero) is 3. The fourth-order valence-electron chi connectivity index (χ4n) is 4.70. The molecule has 254 valence electrons. The second kappa shape index (κ2) is 16.7. The third-order valence-corrected chi connectivity index (χ3v) is 7.55. The second-order valence-corrected chi connectivity index (χ2v) is 11.4. The number of hydrogen-bond acceptors (Lipinski definition) is 14. The van der Waals surface area contributed by atoms with Crippen LogP contribution in [0.4, 0.5) is 0 Å². The van der Waals surface area contributed by atoms with Gasteiger partial charge in [-0.1, -0.05) is 13.8 Å². The summed E-state index contributed by atoms with van der Waals surface area (Å²) in [5.74, 6) is -4.87. The van der Waals surface area contributed by atoms with Crippen LogP contribution in [0.25, 0.3) is 0 Å². The number of phenolic OH excluding ortho intramolecular Hbond substituents is 3. The number of rotatable bonds is 14. The summed E-state index contributed by atoms with van der Waals surface area (Å²) in [5, 5.41) is 101. The first-order chi connectivity index (χ1) is 20.9. The van der Waals surface area contributed by atoms with Crippen molar-refractivity contribution in [2.45, 2.75) is 91.1 Å². The number of likely N-dealkylation sites (N-methyl/N-ethyl adjacent to an activating group) is 1. The van der Waals surface area contributed by atoms with Gasteiger partial charge >= 0.3 is 0 Å². The maximum absolute atomic E-state index is 12.8. The minimum atomic E-state index is -1.55. The number of aromatic hydroxyl groups is 3. The molecule has 0 bridgehead atoms. The number of phenols is 3. The van der Waals surface area contributed by atoms with Gasteiger partial charge in [0, 0.05) is 42.5 Å². The zero-order valence-corrected chi connectivity index (χ0v) is 26.5. The van der Waals surface area contributed by atoms with Crippen LogP contribution >= 0.6 is 0 Å². The lowest BCUT2D eigenvalue weighted by Crippen LogP contribution is -2.48. The van der Waals surface area contributed by atoms with Crippen LogP contribution in [0.3, 0.4) is 0 Å². The maximum atomic E-state index is 12.8. The molecule has 0 radical (unpaired) electrons. The molecule has 45 heavy (non-hydrogen) atoms. The van der Waals surface area contributed by atoms with Crippen molar-refractivity contribution in [1.29, 1.82) is 0 Å². The van der Waals surface area contributed by atoms with E-state index in [0.717, 1.165) is 0 Å². The lowest BCUT2D eigenvalue weighted by molar-refractivity contribution is -0.127. The minimum absolute atomic E-state index is 0.0136. The molecule has 0 spiro atoms. The van der Waals surface area contributed by atoms with Gasteiger partial charge in [-0.3, -0.25) is 14.4 Å². The fraction of sp³-hybridized carbons (Fsp3) is 0.581. The molecule has 14 heteroatoms. The first-order valence-corrected chi connectivity index (χ1v) is 14.6. The van der Waals surface area contributed by atoms with Crippen LogP contribution in [0, 0.1) is 12.3 Å². The lowest BCUT2D eigenvalue weighted by atomic mass is 9.73. The summed E-state index contributed by atoms with van der Waals surface area (Å²) in [5.41, 5.74) is -2.85. The number of allylic oxidation sites excluding steroid dienone is 3. The van der Waals surface area contributed by atoms with Crippen LogP contribution in [0.15, 0.2) is 22.7 Å². The smallest absolute Gasteiger partial charge is 0.183 e. The van der Waals surface area contributed by atoms with Gasteiger partial charge in [0.1, 0.15) is 58.2 Å². The molecule has 14 nitrogen and oxygen atoms in total. The summed E-state index contributed by atoms with van der Waals surface area (Å²) >= 11 is 0. The van der Waals surface area contributed by atoms with Gasteiger partial charge in [-0.2, -0.15) is 0 Å². The molecule has 0 heterocycles. The Hall–Kier alpha value is -3.53. The molecule has 0 fully saturated rings. The van der Waals surface area contributed by atoms with Crippen molar-refractivity contribution in [3.05, 3.63) is 39.4 Å². The highest BCUT2D eigenvalue weighted by molar-refractivity contribution is 6.24. The number of benzene rings is 1. The van der Waals surface area contributed by atoms with Crippen molar-refractivity contribution in [3.63, 3.8) is 0 Å². The first-order valence-electron chi connectivity index (χ1n) is 14.6. The van der Waals surface area contributed by atoms with E-state index in [9.17, 15) is 45.0 Å². The van der Waals surface area contributed by atoms with E-state index in [1.54, 1.807) is 20.9 Å². The highest BCUT2D eigenvalue weighted by Gasteiger charge is 2.45. The quantitative estimate of drug-likeness (QED) is 0.0995. The Morgan fingerprint density at radius 1 is 0.822 bits per heavy atom. The van der Waals surface area contributed by atoms with Crippen molar-refractivity contribution in [3.8, 4) is 17.2 Å². The Bertz CT molecular complexity index is 1320. The Morgan fingerprint density at radius 2 is 1.33 bits per heavy atom.